The molecule has 1 rings (SSSR count). The molecule has 2 heteroatoms. The molecular formula is C9H14N2+. The van der Waals surface area contributed by atoms with Crippen molar-refractivity contribution in [1.29, 1.82) is 0 Å². The molecule has 1 aromatic rings. The zero-order valence-corrected chi connectivity index (χ0v) is 6.88. The molecular weight excluding hydrogens is 136 g/mol. The van der Waals surface area contributed by atoms with Gasteiger partial charge in [0.2, 0.25) is 0 Å². The molecule has 0 bridgehead atoms. The predicted molar refractivity (Wildman–Crippen MR) is 44.0 cm³/mol. The molecule has 0 saturated heterocycles. The molecule has 0 spiro atoms. The number of hydrogen-bond acceptors (Lipinski definition) is 0. The van der Waals surface area contributed by atoms with E-state index in [1.807, 2.05) is 12.3 Å². The maximum absolute atomic E-state index is 7.06. The van der Waals surface area contributed by atoms with Crippen molar-refractivity contribution >= 4 is 0 Å². The number of rotatable bonds is 3. The van der Waals surface area contributed by atoms with E-state index in [0.29, 0.717) is 6.54 Å². The van der Waals surface area contributed by atoms with Crippen molar-refractivity contribution in [3.63, 3.8) is 0 Å². The first-order valence-electron chi connectivity index (χ1n) is 3.99. The van der Waals surface area contributed by atoms with E-state index in [0.717, 1.165) is 13.0 Å². The summed E-state index contributed by atoms with van der Waals surface area (Å²) in [6.45, 7) is 3.60. The van der Waals surface area contributed by atoms with Crippen molar-refractivity contribution in [2.45, 2.75) is 19.9 Å². The van der Waals surface area contributed by atoms with Gasteiger partial charge in [-0.2, -0.15) is 0 Å². The molecule has 0 aromatic carbocycles. The molecule has 0 aliphatic rings. The normalized spacial score (nSPS) is 10.0. The molecule has 59 valence electrons. The first kappa shape index (κ1) is 8.21. The summed E-state index contributed by atoms with van der Waals surface area (Å²) in [5.41, 5.74) is 8.31. The van der Waals surface area contributed by atoms with Crippen LogP contribution in [0.1, 0.15) is 12.5 Å². The predicted octanol–water partition coefficient (Wildman–Crippen LogP) is 0.819. The molecule has 0 saturated carbocycles. The smallest absolute Gasteiger partial charge is 0.172 e. The third-order valence-electron chi connectivity index (χ3n) is 1.70. The summed E-state index contributed by atoms with van der Waals surface area (Å²) < 4.78 is 2.13. The Bertz CT molecular complexity index is 221. The molecule has 1 heterocycles. The van der Waals surface area contributed by atoms with Crippen LogP contribution in [-0.2, 0) is 13.0 Å². The molecule has 2 nitrogen and oxygen atoms in total. The monoisotopic (exact) mass is 150 g/mol. The highest BCUT2D eigenvalue weighted by molar-refractivity contribution is 5.05. The number of pyridine rings is 1. The molecule has 1 N–H and O–H groups in total. The standard InChI is InChI=1S/C9H14N2/c1-2-11-7-3-4-9(8-11)5-6-10/h3-4,7-8,10H,2,5-6H2,1H3/q+1. The van der Waals surface area contributed by atoms with Gasteiger partial charge in [-0.05, 0) is 19.4 Å². The second-order valence-electron chi connectivity index (χ2n) is 2.54. The van der Waals surface area contributed by atoms with Crippen LogP contribution in [0.5, 0.6) is 0 Å². The lowest BCUT2D eigenvalue weighted by Gasteiger charge is -1.95. The molecule has 0 amide bonds. The van der Waals surface area contributed by atoms with Crippen LogP contribution >= 0.6 is 0 Å². The first-order valence-corrected chi connectivity index (χ1v) is 3.99. The van der Waals surface area contributed by atoms with Crippen molar-refractivity contribution in [3.05, 3.63) is 30.1 Å². The summed E-state index contributed by atoms with van der Waals surface area (Å²) in [6, 6.07) is 4.11. The molecule has 1 radical (unpaired) electrons. The van der Waals surface area contributed by atoms with Gasteiger partial charge in [0.25, 0.3) is 0 Å². The van der Waals surface area contributed by atoms with Crippen LogP contribution in [0.3, 0.4) is 0 Å². The lowest BCUT2D eigenvalue weighted by molar-refractivity contribution is -0.693. The first-order chi connectivity index (χ1) is 5.36. The Morgan fingerprint density at radius 1 is 1.55 bits per heavy atom. The van der Waals surface area contributed by atoms with Crippen molar-refractivity contribution in [2.75, 3.05) is 6.54 Å². The van der Waals surface area contributed by atoms with Crippen LogP contribution in [-0.4, -0.2) is 6.54 Å². The van der Waals surface area contributed by atoms with E-state index in [1.54, 1.807) is 0 Å². The SMILES string of the molecule is CC[n+]1cccc(CC[NH])c1. The summed E-state index contributed by atoms with van der Waals surface area (Å²) in [6.07, 6.45) is 5.02. The lowest BCUT2D eigenvalue weighted by atomic mass is 10.2. The summed E-state index contributed by atoms with van der Waals surface area (Å²) in [4.78, 5) is 0. The van der Waals surface area contributed by atoms with E-state index in [4.69, 9.17) is 5.73 Å². The van der Waals surface area contributed by atoms with Crippen molar-refractivity contribution in [3.8, 4) is 0 Å². The van der Waals surface area contributed by atoms with E-state index < -0.39 is 0 Å². The van der Waals surface area contributed by atoms with Gasteiger partial charge in [-0.25, -0.2) is 4.57 Å². The zero-order chi connectivity index (χ0) is 8.10. The number of hydrogen-bond donors (Lipinski definition) is 0. The number of aryl methyl sites for hydroxylation is 1. The topological polar surface area (TPSA) is 27.7 Å². The van der Waals surface area contributed by atoms with Gasteiger partial charge >= 0.3 is 0 Å². The highest BCUT2D eigenvalue weighted by atomic mass is 14.9. The maximum atomic E-state index is 7.06. The highest BCUT2D eigenvalue weighted by Crippen LogP contribution is 1.93. The molecule has 0 aliphatic heterocycles. The second-order valence-corrected chi connectivity index (χ2v) is 2.54. The highest BCUT2D eigenvalue weighted by Gasteiger charge is 1.97. The van der Waals surface area contributed by atoms with Crippen molar-refractivity contribution in [1.82, 2.24) is 5.73 Å². The number of nitrogens with one attached hydrogen (secondary N) is 1. The second kappa shape index (κ2) is 4.09. The fourth-order valence-electron chi connectivity index (χ4n) is 1.07. The summed E-state index contributed by atoms with van der Waals surface area (Å²) in [5, 5.41) is 0. The van der Waals surface area contributed by atoms with Crippen molar-refractivity contribution < 1.29 is 4.57 Å². The van der Waals surface area contributed by atoms with E-state index in [1.165, 1.54) is 5.56 Å². The Morgan fingerprint density at radius 3 is 3.00 bits per heavy atom. The van der Waals surface area contributed by atoms with E-state index >= 15 is 0 Å². The summed E-state index contributed by atoms with van der Waals surface area (Å²) in [7, 11) is 0. The van der Waals surface area contributed by atoms with Gasteiger partial charge in [0.05, 0.1) is 0 Å². The Hall–Kier alpha value is -0.890. The third-order valence-corrected chi connectivity index (χ3v) is 1.70. The Balaban J connectivity index is 2.74. The van der Waals surface area contributed by atoms with E-state index in [-0.39, 0.29) is 0 Å². The lowest BCUT2D eigenvalue weighted by Crippen LogP contribution is -2.31. The average molecular weight is 150 g/mol. The average Bonchev–Trinajstić information content (AvgIpc) is 2.06. The van der Waals surface area contributed by atoms with Crippen LogP contribution in [0.25, 0.3) is 0 Å². The zero-order valence-electron chi connectivity index (χ0n) is 6.88. The molecule has 0 atom stereocenters. The molecule has 0 fully saturated rings. The number of nitrogens with zero attached hydrogens (tertiary/aromatic N) is 1. The largest absolute Gasteiger partial charge is 0.258 e. The Labute approximate surface area is 67.7 Å². The minimum absolute atomic E-state index is 0.480. The molecule has 0 unspecified atom stereocenters. The van der Waals surface area contributed by atoms with Crippen LogP contribution < -0.4 is 10.3 Å². The minimum atomic E-state index is 0.480. The van der Waals surface area contributed by atoms with Crippen LogP contribution in [0.2, 0.25) is 0 Å². The molecule has 1 aromatic heterocycles. The Morgan fingerprint density at radius 2 is 2.36 bits per heavy atom. The van der Waals surface area contributed by atoms with E-state index in [9.17, 15) is 0 Å². The summed E-state index contributed by atoms with van der Waals surface area (Å²) in [5.74, 6) is 0. The van der Waals surface area contributed by atoms with Crippen molar-refractivity contribution in [2.24, 2.45) is 0 Å². The van der Waals surface area contributed by atoms with Crippen LogP contribution in [0.15, 0.2) is 24.5 Å². The van der Waals surface area contributed by atoms with E-state index in [2.05, 4.69) is 23.8 Å². The quantitative estimate of drug-likeness (QED) is 0.571. The minimum Gasteiger partial charge on any atom is -0.258 e. The fourth-order valence-corrected chi connectivity index (χ4v) is 1.07. The summed E-state index contributed by atoms with van der Waals surface area (Å²) >= 11 is 0. The number of aromatic nitrogens is 1. The molecule has 0 aliphatic carbocycles. The van der Waals surface area contributed by atoms with Gasteiger partial charge in [0.1, 0.15) is 6.54 Å². The molecule has 11 heavy (non-hydrogen) atoms. The van der Waals surface area contributed by atoms with Gasteiger partial charge in [0.15, 0.2) is 12.4 Å². The van der Waals surface area contributed by atoms with Gasteiger partial charge in [0, 0.05) is 18.2 Å². The van der Waals surface area contributed by atoms with Gasteiger partial charge < -0.3 is 0 Å². The van der Waals surface area contributed by atoms with Gasteiger partial charge in [-0.15, -0.1) is 0 Å². The fraction of sp³-hybridized carbons (Fsp3) is 0.444. The van der Waals surface area contributed by atoms with Crippen LogP contribution in [0, 0.1) is 0 Å². The van der Waals surface area contributed by atoms with Crippen LogP contribution in [0.4, 0.5) is 0 Å². The van der Waals surface area contributed by atoms with Gasteiger partial charge in [-0.1, -0.05) is 0 Å². The third kappa shape index (κ3) is 2.31. The van der Waals surface area contributed by atoms with Gasteiger partial charge in [-0.3, -0.25) is 5.73 Å². The Kier molecular flexibility index (Phi) is 3.05. The maximum Gasteiger partial charge on any atom is 0.172 e.